The number of aliphatic carboxylic acids is 1. The molecule has 1 amide bonds. The van der Waals surface area contributed by atoms with Crippen LogP contribution in [0.25, 0.3) is 11.0 Å². The Morgan fingerprint density at radius 3 is 2.73 bits per heavy atom. The van der Waals surface area contributed by atoms with Crippen LogP contribution in [0.1, 0.15) is 16.5 Å². The third kappa shape index (κ3) is 4.17. The summed E-state index contributed by atoms with van der Waals surface area (Å²) in [5, 5.41) is 11.4. The quantitative estimate of drug-likeness (QED) is 0.353. The number of rotatable bonds is 8. The number of thioether (sulfide) groups is 1. The first kappa shape index (κ1) is 19.8. The Kier molecular flexibility index (Phi) is 6.27. The number of carboxylic acids is 1. The Balaban J connectivity index is 2.48. The van der Waals surface area contributed by atoms with E-state index in [2.05, 4.69) is 5.32 Å². The molecule has 2 aromatic rings. The first-order valence-corrected chi connectivity index (χ1v) is 8.85. The molecule has 0 aliphatic heterocycles. The first-order valence-electron chi connectivity index (χ1n) is 7.80. The monoisotopic (exact) mass is 379 g/mol. The molecule has 2 rings (SSSR count). The Labute approximate surface area is 154 Å². The molecular weight excluding hydrogens is 358 g/mol. The largest absolute Gasteiger partial charge is 0.480 e. The number of carbonyl (C=O) groups excluding carboxylic acids is 1. The molecule has 26 heavy (non-hydrogen) atoms. The van der Waals surface area contributed by atoms with Gasteiger partial charge in [-0.15, -0.1) is 11.8 Å². The number of aryl methyl sites for hydroxylation is 1. The average Bonchev–Trinajstić information content (AvgIpc) is 2.58. The molecule has 8 nitrogen and oxygen atoms in total. The first-order chi connectivity index (χ1) is 12.3. The van der Waals surface area contributed by atoms with Crippen molar-refractivity contribution in [3.05, 3.63) is 39.7 Å². The summed E-state index contributed by atoms with van der Waals surface area (Å²) in [7, 11) is 3.76. The van der Waals surface area contributed by atoms with Gasteiger partial charge in [-0.25, -0.2) is 4.79 Å². The van der Waals surface area contributed by atoms with Crippen LogP contribution in [0.2, 0.25) is 0 Å². The second-order valence-corrected chi connectivity index (χ2v) is 7.08. The number of fused-ring (bicyclic) bond motifs is 1. The molecule has 4 N–H and O–H groups in total. The third-order valence-electron chi connectivity index (χ3n) is 3.95. The van der Waals surface area contributed by atoms with E-state index in [9.17, 15) is 14.4 Å². The van der Waals surface area contributed by atoms with Gasteiger partial charge in [0, 0.05) is 37.0 Å². The van der Waals surface area contributed by atoms with Crippen molar-refractivity contribution in [2.75, 3.05) is 24.7 Å². The number of nitrogens with two attached hydrogens (primary N) is 1. The maximum atomic E-state index is 12.5. The molecule has 0 spiro atoms. The van der Waals surface area contributed by atoms with E-state index >= 15 is 0 Å². The van der Waals surface area contributed by atoms with Gasteiger partial charge in [-0.2, -0.15) is 0 Å². The van der Waals surface area contributed by atoms with Crippen molar-refractivity contribution in [1.29, 1.82) is 0 Å². The van der Waals surface area contributed by atoms with Crippen molar-refractivity contribution >= 4 is 40.8 Å². The van der Waals surface area contributed by atoms with Crippen LogP contribution in [-0.4, -0.2) is 43.4 Å². The molecular formula is C17H21N3O5S. The predicted molar refractivity (Wildman–Crippen MR) is 102 cm³/mol. The molecule has 1 unspecified atom stereocenters. The molecule has 0 radical (unpaired) electrons. The van der Waals surface area contributed by atoms with E-state index < -0.39 is 23.0 Å². The summed E-state index contributed by atoms with van der Waals surface area (Å²) < 4.78 is 5.45. The number of hydrogen-bond donors (Lipinski definition) is 3. The summed E-state index contributed by atoms with van der Waals surface area (Å²) in [5.41, 5.74) is 7.19. The van der Waals surface area contributed by atoms with Crippen LogP contribution in [0, 0.1) is 6.92 Å². The fourth-order valence-corrected chi connectivity index (χ4v) is 3.62. The summed E-state index contributed by atoms with van der Waals surface area (Å²) in [5.74, 6) is -1.13. The second-order valence-electron chi connectivity index (χ2n) is 5.95. The van der Waals surface area contributed by atoms with Crippen LogP contribution in [0.4, 0.5) is 5.69 Å². The number of anilines is 1. The lowest BCUT2D eigenvalue weighted by molar-refractivity contribution is -0.137. The number of nitrogens with one attached hydrogen (secondary N) is 1. The summed E-state index contributed by atoms with van der Waals surface area (Å²) in [6, 6.07) is 4.40. The van der Waals surface area contributed by atoms with Crippen LogP contribution in [-0.2, 0) is 9.59 Å². The highest BCUT2D eigenvalue weighted by atomic mass is 32.2. The van der Waals surface area contributed by atoms with Gasteiger partial charge in [-0.1, -0.05) is 0 Å². The summed E-state index contributed by atoms with van der Waals surface area (Å²) >= 11 is 1.06. The van der Waals surface area contributed by atoms with Gasteiger partial charge in [-0.3, -0.25) is 9.59 Å². The van der Waals surface area contributed by atoms with Crippen LogP contribution in [0.5, 0.6) is 0 Å². The second kappa shape index (κ2) is 8.24. The minimum Gasteiger partial charge on any atom is -0.480 e. The molecule has 1 aromatic carbocycles. The average molecular weight is 379 g/mol. The van der Waals surface area contributed by atoms with Gasteiger partial charge in [0.25, 0.3) is 0 Å². The SMILES string of the molecule is Cc1c(C(NC=O)SC[C@H](N)C(=O)O)c(=O)oc2cc(N(C)C)ccc12. The number of hydrogen-bond acceptors (Lipinski definition) is 7. The van der Waals surface area contributed by atoms with E-state index in [4.69, 9.17) is 15.3 Å². The van der Waals surface area contributed by atoms with Gasteiger partial charge in [0.2, 0.25) is 6.41 Å². The maximum Gasteiger partial charge on any atom is 0.342 e. The summed E-state index contributed by atoms with van der Waals surface area (Å²) in [4.78, 5) is 36.3. The molecule has 1 aromatic heterocycles. The van der Waals surface area contributed by atoms with Gasteiger partial charge in [-0.05, 0) is 24.6 Å². The molecule has 0 aliphatic rings. The molecule has 0 aliphatic carbocycles. The number of benzene rings is 1. The van der Waals surface area contributed by atoms with Gasteiger partial charge in [0.05, 0.1) is 5.56 Å². The van der Waals surface area contributed by atoms with Crippen LogP contribution < -0.4 is 21.6 Å². The van der Waals surface area contributed by atoms with Crippen molar-refractivity contribution in [3.8, 4) is 0 Å². The number of carbonyl (C=O) groups is 2. The minimum absolute atomic E-state index is 0.0251. The maximum absolute atomic E-state index is 12.5. The summed E-state index contributed by atoms with van der Waals surface area (Å²) in [6.45, 7) is 1.76. The van der Waals surface area contributed by atoms with Crippen molar-refractivity contribution in [2.45, 2.75) is 18.3 Å². The molecule has 140 valence electrons. The lowest BCUT2D eigenvalue weighted by atomic mass is 10.1. The van der Waals surface area contributed by atoms with Gasteiger partial charge in [0.15, 0.2) is 0 Å². The molecule has 1 heterocycles. The highest BCUT2D eigenvalue weighted by Gasteiger charge is 2.23. The Morgan fingerprint density at radius 1 is 1.46 bits per heavy atom. The van der Waals surface area contributed by atoms with E-state index in [0.29, 0.717) is 17.6 Å². The smallest absolute Gasteiger partial charge is 0.342 e. The van der Waals surface area contributed by atoms with E-state index in [0.717, 1.165) is 22.8 Å². The van der Waals surface area contributed by atoms with Gasteiger partial charge in [0.1, 0.15) is 17.0 Å². The Morgan fingerprint density at radius 2 is 2.15 bits per heavy atom. The van der Waals surface area contributed by atoms with E-state index in [1.165, 1.54) is 0 Å². The lowest BCUT2D eigenvalue weighted by Gasteiger charge is -2.19. The summed E-state index contributed by atoms with van der Waals surface area (Å²) in [6.07, 6.45) is 0.460. The van der Waals surface area contributed by atoms with Crippen LogP contribution in [0.3, 0.4) is 0 Å². The van der Waals surface area contributed by atoms with E-state index in [1.54, 1.807) is 13.0 Å². The van der Waals surface area contributed by atoms with Crippen molar-refractivity contribution in [1.82, 2.24) is 5.32 Å². The number of nitrogens with zero attached hydrogens (tertiary/aromatic N) is 1. The van der Waals surface area contributed by atoms with Gasteiger partial charge >= 0.3 is 11.6 Å². The zero-order valence-electron chi connectivity index (χ0n) is 14.7. The molecule has 0 saturated heterocycles. The Hall–Kier alpha value is -2.52. The highest BCUT2D eigenvalue weighted by molar-refractivity contribution is 7.99. The lowest BCUT2D eigenvalue weighted by Crippen LogP contribution is -2.34. The minimum atomic E-state index is -1.15. The number of carboxylic acid groups (broad SMARTS) is 1. The van der Waals surface area contributed by atoms with Crippen molar-refractivity contribution in [3.63, 3.8) is 0 Å². The normalized spacial score (nSPS) is 13.2. The van der Waals surface area contributed by atoms with Crippen LogP contribution in [0.15, 0.2) is 27.4 Å². The van der Waals surface area contributed by atoms with Crippen LogP contribution >= 0.6 is 11.8 Å². The fourth-order valence-electron chi connectivity index (χ4n) is 2.49. The van der Waals surface area contributed by atoms with Gasteiger partial charge < -0.3 is 25.5 Å². The molecule has 2 atom stereocenters. The standard InChI is InChI=1S/C17H21N3O5S/c1-9-11-5-4-10(20(2)3)6-13(11)25-17(24)14(9)15(19-8-21)26-7-12(18)16(22)23/h4-6,8,12,15H,7,18H2,1-3H3,(H,19,21)(H,22,23)/t12-,15?/m0/s1. The van der Waals surface area contributed by atoms with Crippen molar-refractivity contribution in [2.24, 2.45) is 5.73 Å². The molecule has 0 bridgehead atoms. The zero-order valence-corrected chi connectivity index (χ0v) is 15.5. The predicted octanol–water partition coefficient (Wildman–Crippen LogP) is 1.06. The highest BCUT2D eigenvalue weighted by Crippen LogP contribution is 2.31. The van der Waals surface area contributed by atoms with E-state index in [-0.39, 0.29) is 11.3 Å². The number of amides is 1. The molecule has 9 heteroatoms. The topological polar surface area (TPSA) is 126 Å². The van der Waals surface area contributed by atoms with Crippen molar-refractivity contribution < 1.29 is 19.1 Å². The van der Waals surface area contributed by atoms with E-state index in [1.807, 2.05) is 31.1 Å². The zero-order chi connectivity index (χ0) is 19.4. The fraction of sp³-hybridized carbons (Fsp3) is 0.353. The third-order valence-corrected chi connectivity index (χ3v) is 5.21. The molecule has 0 fully saturated rings. The Bertz CT molecular complexity index is 881. The molecule has 0 saturated carbocycles.